The normalized spacial score (nSPS) is 21.1. The van der Waals surface area contributed by atoms with Crippen LogP contribution >= 0.6 is 0 Å². The number of para-hydroxylation sites is 1. The van der Waals surface area contributed by atoms with Crippen molar-refractivity contribution in [1.82, 2.24) is 0 Å². The summed E-state index contributed by atoms with van der Waals surface area (Å²) in [7, 11) is -3.00. The molecule has 1 aromatic rings. The summed E-state index contributed by atoms with van der Waals surface area (Å²) in [5.41, 5.74) is 2.31. The van der Waals surface area contributed by atoms with Gasteiger partial charge in [0.25, 0.3) is 0 Å². The minimum atomic E-state index is -3.00. The summed E-state index contributed by atoms with van der Waals surface area (Å²) < 4.78 is 24.8. The Morgan fingerprint density at radius 3 is 2.84 bits per heavy atom. The Morgan fingerprint density at radius 1 is 1.37 bits per heavy atom. The Balaban J connectivity index is 2.09. The van der Waals surface area contributed by atoms with Gasteiger partial charge >= 0.3 is 0 Å². The van der Waals surface area contributed by atoms with Crippen LogP contribution in [0.4, 0.5) is 5.69 Å². The number of benzene rings is 1. The topological polar surface area (TPSA) is 46.2 Å². The average Bonchev–Trinajstić information content (AvgIpc) is 2.61. The zero-order chi connectivity index (χ0) is 13.9. The van der Waals surface area contributed by atoms with Gasteiger partial charge in [0.05, 0.1) is 11.0 Å². The second-order valence-electron chi connectivity index (χ2n) is 5.54. The van der Waals surface area contributed by atoms with Crippen molar-refractivity contribution in [1.29, 1.82) is 0 Å². The average molecular weight is 281 g/mol. The molecule has 106 valence electrons. The predicted octanol–water partition coefficient (Wildman–Crippen LogP) is 2.87. The fourth-order valence-electron chi connectivity index (χ4n) is 2.51. The lowest BCUT2D eigenvalue weighted by molar-refractivity contribution is 0.548. The molecule has 0 radical (unpaired) electrons. The van der Waals surface area contributed by atoms with Crippen LogP contribution in [0.15, 0.2) is 24.3 Å². The van der Waals surface area contributed by atoms with Gasteiger partial charge in [-0.2, -0.15) is 0 Å². The molecule has 1 heterocycles. The molecule has 1 aromatic carbocycles. The van der Waals surface area contributed by atoms with E-state index in [1.165, 1.54) is 5.56 Å². The maximum absolute atomic E-state index is 12.4. The largest absolute Gasteiger partial charge is 0.384 e. The molecule has 0 aromatic heterocycles. The van der Waals surface area contributed by atoms with Crippen LogP contribution in [0.3, 0.4) is 0 Å². The van der Waals surface area contributed by atoms with Crippen molar-refractivity contribution in [3.8, 4) is 0 Å². The highest BCUT2D eigenvalue weighted by molar-refractivity contribution is 7.92. The maximum atomic E-state index is 12.4. The highest BCUT2D eigenvalue weighted by Crippen LogP contribution is 2.24. The first-order valence-corrected chi connectivity index (χ1v) is 8.78. The van der Waals surface area contributed by atoms with E-state index in [2.05, 4.69) is 11.4 Å². The number of sulfone groups is 1. The minimum Gasteiger partial charge on any atom is -0.384 e. The van der Waals surface area contributed by atoms with Gasteiger partial charge in [0, 0.05) is 12.2 Å². The van der Waals surface area contributed by atoms with Crippen molar-refractivity contribution >= 4 is 15.5 Å². The van der Waals surface area contributed by atoms with Gasteiger partial charge in [-0.05, 0) is 30.4 Å². The number of hydrogen-bond acceptors (Lipinski definition) is 3. The smallest absolute Gasteiger partial charge is 0.155 e. The van der Waals surface area contributed by atoms with Crippen LogP contribution in [0.1, 0.15) is 32.3 Å². The Hall–Kier alpha value is -1.03. The third kappa shape index (κ3) is 3.50. The summed E-state index contributed by atoms with van der Waals surface area (Å²) >= 11 is 0. The van der Waals surface area contributed by atoms with E-state index in [0.717, 1.165) is 24.9 Å². The van der Waals surface area contributed by atoms with Crippen LogP contribution in [-0.4, -0.2) is 26.0 Å². The SMILES string of the molecule is CCC(C)CS(=O)(=O)C1CCc2ccccc2NC1. The summed E-state index contributed by atoms with van der Waals surface area (Å²) in [6, 6.07) is 8.10. The Bertz CT molecular complexity index is 498. The fourth-order valence-corrected chi connectivity index (χ4v) is 4.63. The van der Waals surface area contributed by atoms with Crippen molar-refractivity contribution in [3.05, 3.63) is 29.8 Å². The van der Waals surface area contributed by atoms with Crippen molar-refractivity contribution in [2.45, 2.75) is 38.4 Å². The molecule has 1 N–H and O–H groups in total. The third-order valence-electron chi connectivity index (χ3n) is 3.99. The van der Waals surface area contributed by atoms with E-state index < -0.39 is 9.84 Å². The van der Waals surface area contributed by atoms with Gasteiger partial charge in [0.1, 0.15) is 0 Å². The van der Waals surface area contributed by atoms with Crippen molar-refractivity contribution in [2.75, 3.05) is 17.6 Å². The molecule has 3 nitrogen and oxygen atoms in total. The van der Waals surface area contributed by atoms with Crippen LogP contribution in [0.25, 0.3) is 0 Å². The number of nitrogens with one attached hydrogen (secondary N) is 1. The molecule has 4 heteroatoms. The standard InChI is InChI=1S/C15H23NO2S/c1-3-12(2)11-19(17,18)14-9-8-13-6-4-5-7-15(13)16-10-14/h4-7,12,14,16H,3,8-11H2,1-2H3. The molecule has 19 heavy (non-hydrogen) atoms. The number of fused-ring (bicyclic) bond motifs is 1. The summed E-state index contributed by atoms with van der Waals surface area (Å²) in [6.45, 7) is 4.59. The molecule has 1 aliphatic rings. The van der Waals surface area contributed by atoms with E-state index >= 15 is 0 Å². The summed E-state index contributed by atoms with van der Waals surface area (Å²) in [5, 5.41) is 3.04. The lowest BCUT2D eigenvalue weighted by atomic mass is 10.1. The Morgan fingerprint density at radius 2 is 2.11 bits per heavy atom. The molecule has 0 spiro atoms. The van der Waals surface area contributed by atoms with Gasteiger partial charge in [-0.3, -0.25) is 0 Å². The molecule has 0 saturated heterocycles. The molecular weight excluding hydrogens is 258 g/mol. The van der Waals surface area contributed by atoms with E-state index in [0.29, 0.717) is 12.3 Å². The molecule has 0 amide bonds. The van der Waals surface area contributed by atoms with E-state index in [1.807, 2.05) is 32.0 Å². The highest BCUT2D eigenvalue weighted by atomic mass is 32.2. The zero-order valence-corrected chi connectivity index (χ0v) is 12.5. The molecule has 2 unspecified atom stereocenters. The third-order valence-corrected chi connectivity index (χ3v) is 6.45. The lowest BCUT2D eigenvalue weighted by Gasteiger charge is -2.18. The van der Waals surface area contributed by atoms with Gasteiger partial charge < -0.3 is 5.32 Å². The molecule has 0 bridgehead atoms. The van der Waals surface area contributed by atoms with E-state index in [9.17, 15) is 8.42 Å². The predicted molar refractivity (Wildman–Crippen MR) is 80.3 cm³/mol. The number of aryl methyl sites for hydroxylation is 1. The first-order chi connectivity index (χ1) is 9.03. The van der Waals surface area contributed by atoms with Gasteiger partial charge in [-0.1, -0.05) is 38.5 Å². The molecule has 2 atom stereocenters. The van der Waals surface area contributed by atoms with E-state index in [4.69, 9.17) is 0 Å². The zero-order valence-electron chi connectivity index (χ0n) is 11.7. The van der Waals surface area contributed by atoms with E-state index in [1.54, 1.807) is 0 Å². The number of rotatable bonds is 4. The quantitative estimate of drug-likeness (QED) is 0.923. The number of anilines is 1. The van der Waals surface area contributed by atoms with Crippen molar-refractivity contribution in [3.63, 3.8) is 0 Å². The minimum absolute atomic E-state index is 0.246. The monoisotopic (exact) mass is 281 g/mol. The van der Waals surface area contributed by atoms with Gasteiger partial charge in [0.2, 0.25) is 0 Å². The first kappa shape index (κ1) is 14.4. The Kier molecular flexibility index (Phi) is 4.50. The van der Waals surface area contributed by atoms with Crippen LogP contribution in [0.2, 0.25) is 0 Å². The van der Waals surface area contributed by atoms with Crippen molar-refractivity contribution < 1.29 is 8.42 Å². The molecule has 0 aliphatic carbocycles. The maximum Gasteiger partial charge on any atom is 0.155 e. The molecule has 0 fully saturated rings. The molecule has 0 saturated carbocycles. The fraction of sp³-hybridized carbons (Fsp3) is 0.600. The second-order valence-corrected chi connectivity index (χ2v) is 7.87. The second kappa shape index (κ2) is 5.95. The van der Waals surface area contributed by atoms with E-state index in [-0.39, 0.29) is 11.2 Å². The highest BCUT2D eigenvalue weighted by Gasteiger charge is 2.28. The van der Waals surface area contributed by atoms with Crippen molar-refractivity contribution in [2.24, 2.45) is 5.92 Å². The van der Waals surface area contributed by atoms with Crippen LogP contribution < -0.4 is 5.32 Å². The molecule has 1 aliphatic heterocycles. The van der Waals surface area contributed by atoms with Gasteiger partial charge in [-0.15, -0.1) is 0 Å². The molecular formula is C15H23NO2S. The lowest BCUT2D eigenvalue weighted by Crippen LogP contribution is -2.32. The summed E-state index contributed by atoms with van der Waals surface area (Å²) in [6.07, 6.45) is 2.48. The van der Waals surface area contributed by atoms with Crippen LogP contribution in [0.5, 0.6) is 0 Å². The Labute approximate surface area is 116 Å². The molecule has 2 rings (SSSR count). The summed E-state index contributed by atoms with van der Waals surface area (Å²) in [4.78, 5) is 0. The van der Waals surface area contributed by atoms with Crippen LogP contribution in [0, 0.1) is 5.92 Å². The summed E-state index contributed by atoms with van der Waals surface area (Å²) in [5.74, 6) is 0.558. The van der Waals surface area contributed by atoms with Crippen LogP contribution in [-0.2, 0) is 16.3 Å². The van der Waals surface area contributed by atoms with Gasteiger partial charge in [-0.25, -0.2) is 8.42 Å². The van der Waals surface area contributed by atoms with Gasteiger partial charge in [0.15, 0.2) is 9.84 Å². The first-order valence-electron chi connectivity index (χ1n) is 7.06. The number of hydrogen-bond donors (Lipinski definition) is 1.